The van der Waals surface area contributed by atoms with Crippen molar-refractivity contribution in [3.8, 4) is 0 Å². The molecule has 3 heterocycles. The van der Waals surface area contributed by atoms with Crippen LogP contribution in [0.5, 0.6) is 0 Å². The molecule has 1 unspecified atom stereocenters. The van der Waals surface area contributed by atoms with Gasteiger partial charge in [0.15, 0.2) is 15.0 Å². The number of thioether (sulfide) groups is 1. The fourth-order valence-corrected chi connectivity index (χ4v) is 7.51. The smallest absolute Gasteiger partial charge is 0.346 e. The molecule has 3 aromatic rings. The number of hydrogen-bond donors (Lipinski definition) is 1. The van der Waals surface area contributed by atoms with Gasteiger partial charge in [0.1, 0.15) is 16.5 Å². The highest BCUT2D eigenvalue weighted by molar-refractivity contribution is 7.98. The van der Waals surface area contributed by atoms with Crippen LogP contribution in [0.3, 0.4) is 0 Å². The van der Waals surface area contributed by atoms with Crippen LogP contribution >= 0.6 is 23.1 Å². The summed E-state index contributed by atoms with van der Waals surface area (Å²) in [4.78, 5) is 11.8. The van der Waals surface area contributed by atoms with Gasteiger partial charge in [-0.25, -0.2) is 17.6 Å². The number of thiophene rings is 1. The van der Waals surface area contributed by atoms with Gasteiger partial charge in [0.05, 0.1) is 11.5 Å². The molecular weight excluding hydrogens is 449 g/mol. The Balaban J connectivity index is 1.67. The molecular formula is C19H18FN3O4S3. The Bertz CT molecular complexity index is 1250. The number of fused-ring (bicyclic) bond motifs is 1. The fourth-order valence-electron chi connectivity index (χ4n) is 3.62. The van der Waals surface area contributed by atoms with Crippen LogP contribution in [0.15, 0.2) is 36.0 Å². The summed E-state index contributed by atoms with van der Waals surface area (Å²) in [5.41, 5.74) is 0.406. The highest BCUT2D eigenvalue weighted by Gasteiger charge is 2.33. The van der Waals surface area contributed by atoms with E-state index in [2.05, 4.69) is 16.8 Å². The monoisotopic (exact) mass is 467 g/mol. The van der Waals surface area contributed by atoms with Crippen LogP contribution in [0, 0.1) is 5.82 Å². The Morgan fingerprint density at radius 2 is 2.23 bits per heavy atom. The lowest BCUT2D eigenvalue weighted by molar-refractivity contribution is 0.0701. The first kappa shape index (κ1) is 21.0. The molecule has 1 aliphatic heterocycles. The number of sulfone groups is 1. The minimum absolute atomic E-state index is 0.0382. The number of aromatic nitrogens is 3. The van der Waals surface area contributed by atoms with E-state index in [1.807, 2.05) is 0 Å². The number of nitrogens with zero attached hydrogens (tertiary/aromatic N) is 3. The molecule has 30 heavy (non-hydrogen) atoms. The Labute approximate surface area is 180 Å². The lowest BCUT2D eigenvalue weighted by atomic mass is 10.1. The summed E-state index contributed by atoms with van der Waals surface area (Å²) < 4.78 is 40.5. The van der Waals surface area contributed by atoms with Crippen LogP contribution in [0.4, 0.5) is 4.39 Å². The second-order valence-electron chi connectivity index (χ2n) is 6.96. The molecule has 158 valence electrons. The van der Waals surface area contributed by atoms with E-state index in [1.54, 1.807) is 22.8 Å². The summed E-state index contributed by atoms with van der Waals surface area (Å²) in [6, 6.07) is 4.57. The van der Waals surface area contributed by atoms with E-state index >= 15 is 0 Å². The number of rotatable bonds is 7. The van der Waals surface area contributed by atoms with E-state index in [-0.39, 0.29) is 28.1 Å². The van der Waals surface area contributed by atoms with Crippen LogP contribution in [0.1, 0.15) is 33.4 Å². The van der Waals surface area contributed by atoms with Crippen LogP contribution in [-0.4, -0.2) is 45.8 Å². The summed E-state index contributed by atoms with van der Waals surface area (Å²) in [7, 11) is -3.08. The van der Waals surface area contributed by atoms with Gasteiger partial charge in [0.25, 0.3) is 0 Å². The lowest BCUT2D eigenvalue weighted by Gasteiger charge is -2.11. The minimum atomic E-state index is -3.08. The van der Waals surface area contributed by atoms with Crippen LogP contribution in [-0.2, 0) is 22.1 Å². The third-order valence-electron chi connectivity index (χ3n) is 4.96. The van der Waals surface area contributed by atoms with Crippen LogP contribution in [0.2, 0.25) is 0 Å². The molecule has 1 aliphatic rings. The van der Waals surface area contributed by atoms with Crippen LogP contribution in [0.25, 0.3) is 10.1 Å². The van der Waals surface area contributed by atoms with E-state index in [0.717, 1.165) is 11.3 Å². The van der Waals surface area contributed by atoms with Gasteiger partial charge < -0.3 is 9.67 Å². The standard InChI is InChI=1S/C19H18FN3O4S3/c1-2-7-23-17(11-6-8-30(26,27)10-11)21-22-19(23)28-9-12-15-13(20)4-3-5-14(15)29-16(12)18(24)25/h2-5,11H,1,6-10H2,(H,24,25). The second kappa shape index (κ2) is 8.12. The maximum absolute atomic E-state index is 14.4. The highest BCUT2D eigenvalue weighted by atomic mass is 32.2. The molecule has 7 nitrogen and oxygen atoms in total. The molecule has 1 atom stereocenters. The lowest BCUT2D eigenvalue weighted by Crippen LogP contribution is -2.11. The number of carboxylic acids is 1. The Hall–Kier alpha value is -2.24. The Kier molecular flexibility index (Phi) is 5.69. The summed E-state index contributed by atoms with van der Waals surface area (Å²) >= 11 is 2.29. The average molecular weight is 468 g/mol. The summed E-state index contributed by atoms with van der Waals surface area (Å²) in [6.45, 7) is 4.14. The number of carbonyl (C=O) groups is 1. The third-order valence-corrected chi connectivity index (χ3v) is 8.90. The summed E-state index contributed by atoms with van der Waals surface area (Å²) in [5, 5.41) is 18.8. The van der Waals surface area contributed by atoms with Crippen molar-refractivity contribution in [3.05, 3.63) is 52.9 Å². The molecule has 0 aliphatic carbocycles. The van der Waals surface area contributed by atoms with Crippen molar-refractivity contribution in [2.45, 2.75) is 29.8 Å². The molecule has 1 saturated heterocycles. The quantitative estimate of drug-likeness (QED) is 0.417. The predicted octanol–water partition coefficient (Wildman–Crippen LogP) is 3.71. The molecule has 1 fully saturated rings. The van der Waals surface area contributed by atoms with Crippen LogP contribution < -0.4 is 0 Å². The van der Waals surface area contributed by atoms with Gasteiger partial charge in [-0.05, 0) is 24.1 Å². The number of hydrogen-bond acceptors (Lipinski definition) is 7. The van der Waals surface area contributed by atoms with Crippen molar-refractivity contribution in [3.63, 3.8) is 0 Å². The van der Waals surface area contributed by atoms with E-state index in [0.29, 0.717) is 39.6 Å². The number of carboxylic acid groups (broad SMARTS) is 1. The zero-order chi connectivity index (χ0) is 21.5. The van der Waals surface area contributed by atoms with Gasteiger partial charge >= 0.3 is 5.97 Å². The zero-order valence-corrected chi connectivity index (χ0v) is 18.2. The molecule has 0 spiro atoms. The van der Waals surface area contributed by atoms with Gasteiger partial charge in [0.2, 0.25) is 0 Å². The van der Waals surface area contributed by atoms with Crippen molar-refractivity contribution in [2.75, 3.05) is 11.5 Å². The van der Waals surface area contributed by atoms with Crippen molar-refractivity contribution in [1.82, 2.24) is 14.8 Å². The summed E-state index contributed by atoms with van der Waals surface area (Å²) in [6.07, 6.45) is 2.16. The third kappa shape index (κ3) is 3.88. The molecule has 4 rings (SSSR count). The van der Waals surface area contributed by atoms with Gasteiger partial charge in [0, 0.05) is 28.3 Å². The molecule has 1 N–H and O–H groups in total. The molecule has 0 radical (unpaired) electrons. The first-order valence-corrected chi connectivity index (χ1v) is 12.7. The maximum Gasteiger partial charge on any atom is 0.346 e. The number of allylic oxidation sites excluding steroid dienone is 1. The molecule has 1 aromatic carbocycles. The number of benzene rings is 1. The van der Waals surface area contributed by atoms with E-state index in [9.17, 15) is 22.7 Å². The second-order valence-corrected chi connectivity index (χ2v) is 11.2. The largest absolute Gasteiger partial charge is 0.477 e. The number of halogens is 1. The topological polar surface area (TPSA) is 102 Å². The average Bonchev–Trinajstić information content (AvgIpc) is 3.36. The number of aromatic carboxylic acids is 1. The molecule has 0 amide bonds. The highest BCUT2D eigenvalue weighted by Crippen LogP contribution is 2.37. The van der Waals surface area contributed by atoms with Crippen molar-refractivity contribution in [2.24, 2.45) is 0 Å². The van der Waals surface area contributed by atoms with Gasteiger partial charge in [-0.2, -0.15) is 0 Å². The van der Waals surface area contributed by atoms with E-state index in [1.165, 1.54) is 17.8 Å². The van der Waals surface area contributed by atoms with Gasteiger partial charge in [-0.3, -0.25) is 0 Å². The normalized spacial score (nSPS) is 18.1. The SMILES string of the molecule is C=CCn1c(SCc2c(C(=O)O)sc3cccc(F)c23)nnc1C1CCS(=O)(=O)C1. The minimum Gasteiger partial charge on any atom is -0.477 e. The maximum atomic E-state index is 14.4. The first-order chi connectivity index (χ1) is 14.3. The zero-order valence-electron chi connectivity index (χ0n) is 15.7. The molecule has 11 heteroatoms. The Morgan fingerprint density at radius 1 is 1.43 bits per heavy atom. The van der Waals surface area contributed by atoms with E-state index in [4.69, 9.17) is 0 Å². The van der Waals surface area contributed by atoms with Crippen molar-refractivity contribution in [1.29, 1.82) is 0 Å². The molecule has 2 aromatic heterocycles. The fraction of sp³-hybridized carbons (Fsp3) is 0.316. The van der Waals surface area contributed by atoms with Gasteiger partial charge in [-0.15, -0.1) is 28.1 Å². The summed E-state index contributed by atoms with van der Waals surface area (Å²) in [5.74, 6) is -0.850. The molecule has 0 saturated carbocycles. The van der Waals surface area contributed by atoms with Crippen molar-refractivity contribution < 1.29 is 22.7 Å². The van der Waals surface area contributed by atoms with Gasteiger partial charge in [-0.1, -0.05) is 23.9 Å². The van der Waals surface area contributed by atoms with E-state index < -0.39 is 21.6 Å². The first-order valence-electron chi connectivity index (χ1n) is 9.11. The van der Waals surface area contributed by atoms with Crippen molar-refractivity contribution >= 4 is 49.0 Å². The Morgan fingerprint density at radius 3 is 2.90 bits per heavy atom. The molecule has 0 bridgehead atoms. The predicted molar refractivity (Wildman–Crippen MR) is 115 cm³/mol.